The van der Waals surface area contributed by atoms with Crippen molar-refractivity contribution in [3.8, 4) is 0 Å². The molecule has 18 heavy (non-hydrogen) atoms. The number of carbonyl (C=O) groups is 1. The number of carbonyl (C=O) groups excluding carboxylic acids is 1. The zero-order valence-corrected chi connectivity index (χ0v) is 11.4. The van der Waals surface area contributed by atoms with Gasteiger partial charge in [-0.15, -0.1) is 0 Å². The minimum Gasteiger partial charge on any atom is -0.446 e. The normalized spacial score (nSPS) is 30.2. The molecule has 0 aromatic heterocycles. The lowest BCUT2D eigenvalue weighted by Gasteiger charge is -2.34. The summed E-state index contributed by atoms with van der Waals surface area (Å²) < 4.78 is 5.68. The molecule has 104 valence electrons. The molecule has 4 heteroatoms. The van der Waals surface area contributed by atoms with E-state index in [1.54, 1.807) is 0 Å². The standard InChI is InChI=1S/C14H26N2O2/c1-11-6-8-16(9-7-11)14(17)18-13-5-3-2-4-12(13)10-15/h11-13H,2-10,15H2,1H3. The van der Waals surface area contributed by atoms with Crippen molar-refractivity contribution in [1.29, 1.82) is 0 Å². The molecule has 4 nitrogen and oxygen atoms in total. The van der Waals surface area contributed by atoms with E-state index < -0.39 is 0 Å². The number of rotatable bonds is 2. The van der Waals surface area contributed by atoms with E-state index in [1.165, 1.54) is 6.42 Å². The maximum absolute atomic E-state index is 12.1. The summed E-state index contributed by atoms with van der Waals surface area (Å²) in [5.41, 5.74) is 5.76. The second kappa shape index (κ2) is 6.41. The van der Waals surface area contributed by atoms with Crippen molar-refractivity contribution in [2.75, 3.05) is 19.6 Å². The van der Waals surface area contributed by atoms with Crippen molar-refractivity contribution < 1.29 is 9.53 Å². The highest BCUT2D eigenvalue weighted by Gasteiger charge is 2.30. The van der Waals surface area contributed by atoms with Gasteiger partial charge in [0.25, 0.3) is 0 Å². The molecule has 1 heterocycles. The summed E-state index contributed by atoms with van der Waals surface area (Å²) in [4.78, 5) is 14.0. The third-order valence-corrected chi connectivity index (χ3v) is 4.44. The quantitative estimate of drug-likeness (QED) is 0.823. The van der Waals surface area contributed by atoms with Gasteiger partial charge in [0.05, 0.1) is 0 Å². The molecule has 1 saturated heterocycles. The van der Waals surface area contributed by atoms with Gasteiger partial charge in [0.1, 0.15) is 6.10 Å². The summed E-state index contributed by atoms with van der Waals surface area (Å²) >= 11 is 0. The predicted molar refractivity (Wildman–Crippen MR) is 71.3 cm³/mol. The van der Waals surface area contributed by atoms with Gasteiger partial charge in [-0.1, -0.05) is 13.3 Å². The summed E-state index contributed by atoms with van der Waals surface area (Å²) in [6.45, 7) is 4.57. The summed E-state index contributed by atoms with van der Waals surface area (Å²) in [6, 6.07) is 0. The van der Waals surface area contributed by atoms with Crippen molar-refractivity contribution in [3.63, 3.8) is 0 Å². The number of likely N-dealkylation sites (tertiary alicyclic amines) is 1. The van der Waals surface area contributed by atoms with Crippen molar-refractivity contribution >= 4 is 6.09 Å². The second-order valence-corrected chi connectivity index (χ2v) is 5.87. The van der Waals surface area contributed by atoms with Gasteiger partial charge >= 0.3 is 6.09 Å². The van der Waals surface area contributed by atoms with Gasteiger partial charge in [0.2, 0.25) is 0 Å². The van der Waals surface area contributed by atoms with Crippen LogP contribution in [-0.2, 0) is 4.74 Å². The lowest BCUT2D eigenvalue weighted by atomic mass is 9.86. The first kappa shape index (κ1) is 13.7. The molecule has 2 unspecified atom stereocenters. The zero-order valence-electron chi connectivity index (χ0n) is 11.4. The molecule has 0 aromatic rings. The van der Waals surface area contributed by atoms with Gasteiger partial charge in [-0.3, -0.25) is 0 Å². The third kappa shape index (κ3) is 3.37. The highest BCUT2D eigenvalue weighted by molar-refractivity contribution is 5.68. The lowest BCUT2D eigenvalue weighted by molar-refractivity contribution is 0.0127. The van der Waals surface area contributed by atoms with Gasteiger partial charge in [0, 0.05) is 19.0 Å². The van der Waals surface area contributed by atoms with Crippen LogP contribution in [0.5, 0.6) is 0 Å². The number of piperidine rings is 1. The Morgan fingerprint density at radius 2 is 1.89 bits per heavy atom. The Morgan fingerprint density at radius 1 is 1.22 bits per heavy atom. The molecular formula is C14H26N2O2. The predicted octanol–water partition coefficient (Wildman–Crippen LogP) is 2.37. The van der Waals surface area contributed by atoms with Gasteiger partial charge < -0.3 is 15.4 Å². The summed E-state index contributed by atoms with van der Waals surface area (Å²) in [6.07, 6.45) is 6.59. The molecule has 2 fully saturated rings. The first-order valence-corrected chi connectivity index (χ1v) is 7.36. The van der Waals surface area contributed by atoms with Gasteiger partial charge in [-0.05, 0) is 44.6 Å². The van der Waals surface area contributed by atoms with Crippen molar-refractivity contribution in [2.45, 2.75) is 51.6 Å². The first-order chi connectivity index (χ1) is 8.70. The van der Waals surface area contributed by atoms with Crippen LogP contribution in [0.25, 0.3) is 0 Å². The minimum absolute atomic E-state index is 0.0515. The fraction of sp³-hybridized carbons (Fsp3) is 0.929. The van der Waals surface area contributed by atoms with Crippen LogP contribution in [-0.4, -0.2) is 36.7 Å². The largest absolute Gasteiger partial charge is 0.446 e. The Hall–Kier alpha value is -0.770. The van der Waals surface area contributed by atoms with Gasteiger partial charge in [-0.25, -0.2) is 4.79 Å². The number of amides is 1. The van der Waals surface area contributed by atoms with E-state index >= 15 is 0 Å². The van der Waals surface area contributed by atoms with Crippen molar-refractivity contribution in [3.05, 3.63) is 0 Å². The summed E-state index contributed by atoms with van der Waals surface area (Å²) in [7, 11) is 0. The van der Waals surface area contributed by atoms with Crippen LogP contribution in [0.1, 0.15) is 45.4 Å². The minimum atomic E-state index is -0.118. The maximum Gasteiger partial charge on any atom is 0.410 e. The Balaban J connectivity index is 1.82. The van der Waals surface area contributed by atoms with E-state index in [-0.39, 0.29) is 12.2 Å². The number of nitrogens with zero attached hydrogens (tertiary/aromatic N) is 1. The van der Waals surface area contributed by atoms with E-state index in [0.717, 1.165) is 51.1 Å². The molecule has 1 saturated carbocycles. The Morgan fingerprint density at radius 3 is 2.56 bits per heavy atom. The van der Waals surface area contributed by atoms with Gasteiger partial charge in [0.15, 0.2) is 0 Å². The number of ether oxygens (including phenoxy) is 1. The molecule has 0 radical (unpaired) electrons. The average Bonchev–Trinajstić information content (AvgIpc) is 2.40. The van der Waals surface area contributed by atoms with Crippen molar-refractivity contribution in [2.24, 2.45) is 17.6 Å². The molecule has 0 aromatic carbocycles. The lowest BCUT2D eigenvalue weighted by Crippen LogP contribution is -2.42. The highest BCUT2D eigenvalue weighted by atomic mass is 16.6. The van der Waals surface area contributed by atoms with Crippen LogP contribution in [0.15, 0.2) is 0 Å². The summed E-state index contributed by atoms with van der Waals surface area (Å²) in [5, 5.41) is 0. The maximum atomic E-state index is 12.1. The van der Waals surface area contributed by atoms with Crippen LogP contribution in [0.3, 0.4) is 0 Å². The first-order valence-electron chi connectivity index (χ1n) is 7.36. The zero-order chi connectivity index (χ0) is 13.0. The molecular weight excluding hydrogens is 228 g/mol. The molecule has 0 spiro atoms. The molecule has 1 amide bonds. The molecule has 2 aliphatic rings. The van der Waals surface area contributed by atoms with E-state index in [9.17, 15) is 4.79 Å². The van der Waals surface area contributed by atoms with E-state index in [4.69, 9.17) is 10.5 Å². The molecule has 1 aliphatic carbocycles. The number of nitrogens with two attached hydrogens (primary N) is 1. The van der Waals surface area contributed by atoms with Crippen LogP contribution < -0.4 is 5.73 Å². The molecule has 0 bridgehead atoms. The summed E-state index contributed by atoms with van der Waals surface area (Å²) in [5.74, 6) is 1.10. The van der Waals surface area contributed by atoms with Crippen LogP contribution in [0.4, 0.5) is 4.79 Å². The Labute approximate surface area is 110 Å². The van der Waals surface area contributed by atoms with Crippen LogP contribution >= 0.6 is 0 Å². The molecule has 1 aliphatic heterocycles. The molecule has 2 rings (SSSR count). The highest BCUT2D eigenvalue weighted by Crippen LogP contribution is 2.27. The fourth-order valence-electron chi connectivity index (χ4n) is 2.99. The monoisotopic (exact) mass is 254 g/mol. The van der Waals surface area contributed by atoms with Gasteiger partial charge in [-0.2, -0.15) is 0 Å². The van der Waals surface area contributed by atoms with Crippen LogP contribution in [0.2, 0.25) is 0 Å². The van der Waals surface area contributed by atoms with Crippen LogP contribution in [0, 0.1) is 11.8 Å². The topological polar surface area (TPSA) is 55.6 Å². The second-order valence-electron chi connectivity index (χ2n) is 5.87. The van der Waals surface area contributed by atoms with Crippen molar-refractivity contribution in [1.82, 2.24) is 4.90 Å². The number of hydrogen-bond acceptors (Lipinski definition) is 3. The third-order valence-electron chi connectivity index (χ3n) is 4.44. The SMILES string of the molecule is CC1CCN(C(=O)OC2CCCCC2CN)CC1. The average molecular weight is 254 g/mol. The Bertz CT molecular complexity index is 275. The van der Waals surface area contributed by atoms with E-state index in [0.29, 0.717) is 12.5 Å². The number of hydrogen-bond donors (Lipinski definition) is 1. The molecule has 2 N–H and O–H groups in total. The Kier molecular flexibility index (Phi) is 4.87. The smallest absolute Gasteiger partial charge is 0.410 e. The fourth-order valence-corrected chi connectivity index (χ4v) is 2.99. The van der Waals surface area contributed by atoms with E-state index in [2.05, 4.69) is 6.92 Å². The molecule has 2 atom stereocenters. The van der Waals surface area contributed by atoms with E-state index in [1.807, 2.05) is 4.90 Å².